The SMILES string of the molecule is COC1CCC(NC(=O)c2nccc(-c3cncn3C)n2)CC1. The molecule has 0 unspecified atom stereocenters. The van der Waals surface area contributed by atoms with Crippen LogP contribution in [-0.4, -0.2) is 44.7 Å². The first kappa shape index (κ1) is 15.6. The van der Waals surface area contributed by atoms with Crippen molar-refractivity contribution in [2.45, 2.75) is 37.8 Å². The van der Waals surface area contributed by atoms with Crippen molar-refractivity contribution in [1.82, 2.24) is 24.8 Å². The van der Waals surface area contributed by atoms with Crippen molar-refractivity contribution in [3.8, 4) is 11.4 Å². The third-order valence-corrected chi connectivity index (χ3v) is 4.28. The molecule has 0 saturated heterocycles. The van der Waals surface area contributed by atoms with Gasteiger partial charge >= 0.3 is 0 Å². The third kappa shape index (κ3) is 3.56. The molecule has 2 aromatic rings. The predicted molar refractivity (Wildman–Crippen MR) is 84.8 cm³/mol. The maximum Gasteiger partial charge on any atom is 0.289 e. The van der Waals surface area contributed by atoms with E-state index in [1.165, 1.54) is 0 Å². The standard InChI is InChI=1S/C16H21N5O2/c1-21-10-17-9-14(21)13-7-8-18-15(20-13)16(22)19-11-3-5-12(23-2)6-4-11/h7-12H,3-6H2,1-2H3,(H,19,22). The fraction of sp³-hybridized carbons (Fsp3) is 0.500. The smallest absolute Gasteiger partial charge is 0.289 e. The van der Waals surface area contributed by atoms with Crippen molar-refractivity contribution in [2.24, 2.45) is 7.05 Å². The minimum absolute atomic E-state index is 0.165. The number of methoxy groups -OCH3 is 1. The van der Waals surface area contributed by atoms with E-state index in [1.54, 1.807) is 31.9 Å². The average molecular weight is 315 g/mol. The molecule has 1 amide bonds. The number of hydrogen-bond donors (Lipinski definition) is 1. The highest BCUT2D eigenvalue weighted by molar-refractivity contribution is 5.91. The summed E-state index contributed by atoms with van der Waals surface area (Å²) in [6, 6.07) is 1.94. The van der Waals surface area contributed by atoms with E-state index in [-0.39, 0.29) is 17.8 Å². The van der Waals surface area contributed by atoms with Crippen LogP contribution in [0.15, 0.2) is 24.8 Å². The highest BCUT2D eigenvalue weighted by Crippen LogP contribution is 2.21. The fourth-order valence-electron chi connectivity index (χ4n) is 2.91. The minimum atomic E-state index is -0.227. The summed E-state index contributed by atoms with van der Waals surface area (Å²) in [5.41, 5.74) is 1.54. The molecule has 0 aliphatic heterocycles. The molecule has 0 atom stereocenters. The summed E-state index contributed by atoms with van der Waals surface area (Å²) in [5, 5.41) is 3.02. The lowest BCUT2D eigenvalue weighted by Crippen LogP contribution is -2.39. The highest BCUT2D eigenvalue weighted by Gasteiger charge is 2.23. The number of hydrogen-bond acceptors (Lipinski definition) is 5. The Balaban J connectivity index is 1.67. The molecule has 7 nitrogen and oxygen atoms in total. The van der Waals surface area contributed by atoms with Crippen molar-refractivity contribution in [2.75, 3.05) is 7.11 Å². The van der Waals surface area contributed by atoms with Gasteiger partial charge in [0.05, 0.1) is 30.0 Å². The predicted octanol–water partition coefficient (Wildman–Crippen LogP) is 1.56. The van der Waals surface area contributed by atoms with Crippen LogP contribution in [0.5, 0.6) is 0 Å². The number of imidazole rings is 1. The number of aromatic nitrogens is 4. The Morgan fingerprint density at radius 3 is 2.78 bits per heavy atom. The van der Waals surface area contributed by atoms with Gasteiger partial charge < -0.3 is 14.6 Å². The first-order valence-corrected chi connectivity index (χ1v) is 7.80. The summed E-state index contributed by atoms with van der Waals surface area (Å²) in [5.74, 6) is -0.0348. The molecule has 122 valence electrons. The molecule has 23 heavy (non-hydrogen) atoms. The van der Waals surface area contributed by atoms with Crippen LogP contribution >= 0.6 is 0 Å². The van der Waals surface area contributed by atoms with E-state index in [0.29, 0.717) is 11.8 Å². The molecule has 1 N–H and O–H groups in total. The van der Waals surface area contributed by atoms with Gasteiger partial charge in [-0.05, 0) is 31.7 Å². The van der Waals surface area contributed by atoms with Gasteiger partial charge in [-0.2, -0.15) is 0 Å². The second-order valence-corrected chi connectivity index (χ2v) is 5.84. The molecule has 0 spiro atoms. The largest absolute Gasteiger partial charge is 0.381 e. The lowest BCUT2D eigenvalue weighted by Gasteiger charge is -2.27. The van der Waals surface area contributed by atoms with E-state index in [1.807, 2.05) is 11.6 Å². The van der Waals surface area contributed by atoms with Gasteiger partial charge in [0.15, 0.2) is 0 Å². The summed E-state index contributed by atoms with van der Waals surface area (Å²) in [6.45, 7) is 0. The second-order valence-electron chi connectivity index (χ2n) is 5.84. The van der Waals surface area contributed by atoms with E-state index >= 15 is 0 Å². The number of amides is 1. The number of carbonyl (C=O) groups excluding carboxylic acids is 1. The zero-order valence-corrected chi connectivity index (χ0v) is 13.4. The lowest BCUT2D eigenvalue weighted by molar-refractivity contribution is 0.0597. The molecule has 0 radical (unpaired) electrons. The first-order chi connectivity index (χ1) is 11.2. The lowest BCUT2D eigenvalue weighted by atomic mass is 9.93. The Kier molecular flexibility index (Phi) is 4.66. The average Bonchev–Trinajstić information content (AvgIpc) is 3.02. The molecular formula is C16H21N5O2. The monoisotopic (exact) mass is 315 g/mol. The van der Waals surface area contributed by atoms with Crippen molar-refractivity contribution in [3.05, 3.63) is 30.6 Å². The molecule has 3 rings (SSSR count). The van der Waals surface area contributed by atoms with Gasteiger partial charge in [0.25, 0.3) is 5.91 Å². The van der Waals surface area contributed by atoms with Gasteiger partial charge in [0.2, 0.25) is 5.82 Å². The number of nitrogens with one attached hydrogen (secondary N) is 1. The van der Waals surface area contributed by atoms with Crippen LogP contribution < -0.4 is 5.32 Å². The van der Waals surface area contributed by atoms with Crippen LogP contribution in [0.1, 0.15) is 36.3 Å². The van der Waals surface area contributed by atoms with E-state index in [2.05, 4.69) is 20.3 Å². The maximum absolute atomic E-state index is 12.4. The maximum atomic E-state index is 12.4. The quantitative estimate of drug-likeness (QED) is 0.926. The Morgan fingerprint density at radius 1 is 1.35 bits per heavy atom. The highest BCUT2D eigenvalue weighted by atomic mass is 16.5. The first-order valence-electron chi connectivity index (χ1n) is 7.80. The summed E-state index contributed by atoms with van der Waals surface area (Å²) in [4.78, 5) is 24.9. The van der Waals surface area contributed by atoms with Crippen LogP contribution in [-0.2, 0) is 11.8 Å². The Labute approximate surface area is 135 Å². The summed E-state index contributed by atoms with van der Waals surface area (Å²) in [6.07, 6.45) is 9.12. The Hall–Kier alpha value is -2.28. The van der Waals surface area contributed by atoms with Crippen molar-refractivity contribution in [1.29, 1.82) is 0 Å². The van der Waals surface area contributed by atoms with Gasteiger partial charge in [-0.15, -0.1) is 0 Å². The molecule has 1 saturated carbocycles. The molecular weight excluding hydrogens is 294 g/mol. The van der Waals surface area contributed by atoms with Crippen LogP contribution in [0.25, 0.3) is 11.4 Å². The molecule has 1 aliphatic carbocycles. The molecule has 0 bridgehead atoms. The van der Waals surface area contributed by atoms with Crippen LogP contribution in [0.3, 0.4) is 0 Å². The third-order valence-electron chi connectivity index (χ3n) is 4.28. The number of aryl methyl sites for hydroxylation is 1. The second kappa shape index (κ2) is 6.87. The number of nitrogens with zero attached hydrogens (tertiary/aromatic N) is 4. The fourth-order valence-corrected chi connectivity index (χ4v) is 2.91. The van der Waals surface area contributed by atoms with Crippen LogP contribution in [0.4, 0.5) is 0 Å². The summed E-state index contributed by atoms with van der Waals surface area (Å²) >= 11 is 0. The topological polar surface area (TPSA) is 81.9 Å². The molecule has 7 heteroatoms. The van der Waals surface area contributed by atoms with E-state index in [4.69, 9.17) is 4.74 Å². The van der Waals surface area contributed by atoms with Gasteiger partial charge in [-0.25, -0.2) is 15.0 Å². The Morgan fingerprint density at radius 2 is 2.13 bits per heavy atom. The molecule has 0 aromatic carbocycles. The van der Waals surface area contributed by atoms with Crippen LogP contribution in [0, 0.1) is 0 Å². The normalized spacial score (nSPS) is 21.1. The van der Waals surface area contributed by atoms with Crippen molar-refractivity contribution in [3.63, 3.8) is 0 Å². The zero-order valence-electron chi connectivity index (χ0n) is 13.4. The van der Waals surface area contributed by atoms with E-state index < -0.39 is 0 Å². The molecule has 1 aliphatic rings. The Bertz CT molecular complexity index is 677. The van der Waals surface area contributed by atoms with Gasteiger partial charge in [-0.3, -0.25) is 4.79 Å². The van der Waals surface area contributed by atoms with Crippen molar-refractivity contribution >= 4 is 5.91 Å². The van der Waals surface area contributed by atoms with E-state index in [0.717, 1.165) is 31.4 Å². The van der Waals surface area contributed by atoms with E-state index in [9.17, 15) is 4.79 Å². The minimum Gasteiger partial charge on any atom is -0.381 e. The summed E-state index contributed by atoms with van der Waals surface area (Å²) in [7, 11) is 3.62. The molecule has 1 fully saturated rings. The number of rotatable bonds is 4. The van der Waals surface area contributed by atoms with Gasteiger partial charge in [-0.1, -0.05) is 0 Å². The molecule has 2 heterocycles. The molecule has 2 aromatic heterocycles. The number of ether oxygens (including phenoxy) is 1. The number of carbonyl (C=O) groups is 1. The van der Waals surface area contributed by atoms with Gasteiger partial charge in [0, 0.05) is 26.4 Å². The summed E-state index contributed by atoms with van der Waals surface area (Å²) < 4.78 is 7.21. The zero-order chi connectivity index (χ0) is 16.2. The van der Waals surface area contributed by atoms with Gasteiger partial charge in [0.1, 0.15) is 0 Å². The van der Waals surface area contributed by atoms with Crippen molar-refractivity contribution < 1.29 is 9.53 Å². The van der Waals surface area contributed by atoms with Crippen LogP contribution in [0.2, 0.25) is 0 Å².